The van der Waals surface area contributed by atoms with Gasteiger partial charge < -0.3 is 15.4 Å². The van der Waals surface area contributed by atoms with E-state index in [4.69, 9.17) is 4.74 Å². The largest absolute Gasteiger partial charge is 0.484 e. The van der Waals surface area contributed by atoms with Crippen LogP contribution in [0.5, 0.6) is 5.75 Å². The van der Waals surface area contributed by atoms with Crippen LogP contribution in [0.3, 0.4) is 0 Å². The van der Waals surface area contributed by atoms with Crippen molar-refractivity contribution in [3.8, 4) is 5.75 Å². The molecule has 1 aliphatic rings. The number of Topliss-reactive ketones (excluding diaryl/α,β-unsaturated/α-hetero) is 1. The SMILES string of the molecule is CCC(C)NCC(=O)c1ccc2c(c1)NCC(C)(C)O2. The Morgan fingerprint density at radius 1 is 1.50 bits per heavy atom. The second-order valence-electron chi connectivity index (χ2n) is 6.04. The van der Waals surface area contributed by atoms with Gasteiger partial charge in [0.05, 0.1) is 18.8 Å². The van der Waals surface area contributed by atoms with Crippen LogP contribution in [0.15, 0.2) is 18.2 Å². The number of benzene rings is 1. The highest BCUT2D eigenvalue weighted by Crippen LogP contribution is 2.33. The molecule has 4 heteroatoms. The predicted molar refractivity (Wildman–Crippen MR) is 81.7 cm³/mol. The highest BCUT2D eigenvalue weighted by molar-refractivity contribution is 5.98. The van der Waals surface area contributed by atoms with E-state index >= 15 is 0 Å². The topological polar surface area (TPSA) is 50.4 Å². The summed E-state index contributed by atoms with van der Waals surface area (Å²) in [7, 11) is 0. The van der Waals surface area contributed by atoms with Gasteiger partial charge in [0.15, 0.2) is 5.78 Å². The van der Waals surface area contributed by atoms with Crippen LogP contribution in [0.4, 0.5) is 5.69 Å². The molecule has 1 aliphatic heterocycles. The number of carbonyl (C=O) groups excluding carboxylic acids is 1. The zero-order chi connectivity index (χ0) is 14.8. The summed E-state index contributed by atoms with van der Waals surface area (Å²) in [5, 5.41) is 6.55. The molecule has 0 saturated heterocycles. The maximum Gasteiger partial charge on any atom is 0.176 e. The van der Waals surface area contributed by atoms with Crippen LogP contribution in [0.1, 0.15) is 44.5 Å². The van der Waals surface area contributed by atoms with Crippen molar-refractivity contribution in [3.63, 3.8) is 0 Å². The van der Waals surface area contributed by atoms with Gasteiger partial charge >= 0.3 is 0 Å². The molecule has 0 bridgehead atoms. The molecule has 20 heavy (non-hydrogen) atoms. The number of rotatable bonds is 5. The predicted octanol–water partition coefficient (Wildman–Crippen LogP) is 2.84. The van der Waals surface area contributed by atoms with Crippen LogP contribution in [0.2, 0.25) is 0 Å². The van der Waals surface area contributed by atoms with Crippen molar-refractivity contribution in [3.05, 3.63) is 23.8 Å². The van der Waals surface area contributed by atoms with Gasteiger partial charge in [-0.1, -0.05) is 6.92 Å². The summed E-state index contributed by atoms with van der Waals surface area (Å²) >= 11 is 0. The minimum absolute atomic E-state index is 0.111. The lowest BCUT2D eigenvalue weighted by Crippen LogP contribution is -2.40. The maximum atomic E-state index is 12.1. The number of nitrogens with one attached hydrogen (secondary N) is 2. The van der Waals surface area contributed by atoms with E-state index in [0.29, 0.717) is 12.6 Å². The molecule has 0 saturated carbocycles. The average molecular weight is 276 g/mol. The molecule has 1 aromatic rings. The second-order valence-corrected chi connectivity index (χ2v) is 6.04. The van der Waals surface area contributed by atoms with Gasteiger partial charge in [-0.15, -0.1) is 0 Å². The van der Waals surface area contributed by atoms with Gasteiger partial charge in [-0.25, -0.2) is 0 Å². The first-order chi connectivity index (χ1) is 9.41. The fourth-order valence-electron chi connectivity index (χ4n) is 2.09. The fourth-order valence-corrected chi connectivity index (χ4v) is 2.09. The van der Waals surface area contributed by atoms with Gasteiger partial charge in [0.2, 0.25) is 0 Å². The second kappa shape index (κ2) is 5.83. The Morgan fingerprint density at radius 3 is 2.95 bits per heavy atom. The number of carbonyl (C=O) groups is 1. The smallest absolute Gasteiger partial charge is 0.176 e. The lowest BCUT2D eigenvalue weighted by molar-refractivity contribution is 0.0987. The van der Waals surface area contributed by atoms with Crippen molar-refractivity contribution >= 4 is 11.5 Å². The summed E-state index contributed by atoms with van der Waals surface area (Å²) in [6.07, 6.45) is 1.02. The standard InChI is InChI=1S/C16H24N2O2/c1-5-11(2)17-9-14(19)12-6-7-15-13(8-12)18-10-16(3,4)20-15/h6-8,11,17-18H,5,9-10H2,1-4H3. The van der Waals surface area contributed by atoms with Gasteiger partial charge in [-0.2, -0.15) is 0 Å². The molecule has 0 fully saturated rings. The summed E-state index contributed by atoms with van der Waals surface area (Å²) < 4.78 is 5.88. The zero-order valence-corrected chi connectivity index (χ0v) is 12.7. The van der Waals surface area contributed by atoms with Gasteiger partial charge in [-0.05, 0) is 45.4 Å². The molecule has 1 atom stereocenters. The Hall–Kier alpha value is -1.55. The monoisotopic (exact) mass is 276 g/mol. The Balaban J connectivity index is 2.06. The maximum absolute atomic E-state index is 12.1. The molecule has 0 aliphatic carbocycles. The molecule has 0 aromatic heterocycles. The van der Waals surface area contributed by atoms with E-state index < -0.39 is 0 Å². The lowest BCUT2D eigenvalue weighted by Gasteiger charge is -2.33. The highest BCUT2D eigenvalue weighted by Gasteiger charge is 2.26. The van der Waals surface area contributed by atoms with Crippen molar-refractivity contribution in [2.45, 2.75) is 45.8 Å². The molecular formula is C16H24N2O2. The number of anilines is 1. The number of fused-ring (bicyclic) bond motifs is 1. The third kappa shape index (κ3) is 3.51. The number of ketones is 1. The van der Waals surface area contributed by atoms with Crippen LogP contribution in [0, 0.1) is 0 Å². The van der Waals surface area contributed by atoms with Crippen LogP contribution in [-0.4, -0.2) is 30.5 Å². The molecule has 1 aromatic carbocycles. The minimum atomic E-state index is -0.212. The third-order valence-electron chi connectivity index (χ3n) is 3.62. The minimum Gasteiger partial charge on any atom is -0.484 e. The van der Waals surface area contributed by atoms with Crippen LogP contribution < -0.4 is 15.4 Å². The summed E-state index contributed by atoms with van der Waals surface area (Å²) in [6, 6.07) is 5.95. The molecule has 1 heterocycles. The van der Waals surface area contributed by atoms with Gasteiger partial charge in [0.25, 0.3) is 0 Å². The normalized spacial score (nSPS) is 17.6. The molecular weight excluding hydrogens is 252 g/mol. The Kier molecular flexibility index (Phi) is 4.33. The zero-order valence-electron chi connectivity index (χ0n) is 12.7. The van der Waals surface area contributed by atoms with Crippen molar-refractivity contribution in [1.29, 1.82) is 0 Å². The van der Waals surface area contributed by atoms with Gasteiger partial charge in [0.1, 0.15) is 11.4 Å². The molecule has 1 unspecified atom stereocenters. The first-order valence-corrected chi connectivity index (χ1v) is 7.25. The molecule has 0 amide bonds. The molecule has 0 radical (unpaired) electrons. The van der Waals surface area contributed by atoms with E-state index in [1.165, 1.54) is 0 Å². The first kappa shape index (κ1) is 14.9. The Labute approximate surface area is 120 Å². The Bertz CT molecular complexity index is 497. The molecule has 0 spiro atoms. The molecule has 2 N–H and O–H groups in total. The highest BCUT2D eigenvalue weighted by atomic mass is 16.5. The van der Waals surface area contributed by atoms with Crippen molar-refractivity contribution in [1.82, 2.24) is 5.32 Å². The van der Waals surface area contributed by atoms with E-state index in [1.807, 2.05) is 32.0 Å². The summed E-state index contributed by atoms with van der Waals surface area (Å²) in [4.78, 5) is 12.1. The summed E-state index contributed by atoms with van der Waals surface area (Å²) in [5.74, 6) is 0.924. The van der Waals surface area contributed by atoms with Crippen molar-refractivity contribution in [2.24, 2.45) is 0 Å². The van der Waals surface area contributed by atoms with Crippen LogP contribution in [0.25, 0.3) is 0 Å². The van der Waals surface area contributed by atoms with Crippen LogP contribution in [-0.2, 0) is 0 Å². The fraction of sp³-hybridized carbons (Fsp3) is 0.562. The van der Waals surface area contributed by atoms with Crippen molar-refractivity contribution in [2.75, 3.05) is 18.4 Å². The summed E-state index contributed by atoms with van der Waals surface area (Å²) in [6.45, 7) is 9.38. The Morgan fingerprint density at radius 2 is 2.25 bits per heavy atom. The van der Waals surface area contributed by atoms with E-state index in [-0.39, 0.29) is 11.4 Å². The number of hydrogen-bond donors (Lipinski definition) is 2. The quantitative estimate of drug-likeness (QED) is 0.812. The lowest BCUT2D eigenvalue weighted by atomic mass is 10.0. The average Bonchev–Trinajstić information content (AvgIpc) is 2.42. The van der Waals surface area contributed by atoms with E-state index in [9.17, 15) is 4.79 Å². The van der Waals surface area contributed by atoms with E-state index in [2.05, 4.69) is 24.5 Å². The van der Waals surface area contributed by atoms with Crippen molar-refractivity contribution < 1.29 is 9.53 Å². The number of hydrogen-bond acceptors (Lipinski definition) is 4. The summed E-state index contributed by atoms with van der Waals surface area (Å²) in [5.41, 5.74) is 1.41. The van der Waals surface area contributed by atoms with E-state index in [0.717, 1.165) is 30.0 Å². The molecule has 4 nitrogen and oxygen atoms in total. The first-order valence-electron chi connectivity index (χ1n) is 7.25. The number of ether oxygens (including phenoxy) is 1. The van der Waals surface area contributed by atoms with E-state index in [1.54, 1.807) is 0 Å². The van der Waals surface area contributed by atoms with Crippen LogP contribution >= 0.6 is 0 Å². The van der Waals surface area contributed by atoms with Gasteiger partial charge in [-0.3, -0.25) is 4.79 Å². The molecule has 2 rings (SSSR count). The third-order valence-corrected chi connectivity index (χ3v) is 3.62. The van der Waals surface area contributed by atoms with Gasteiger partial charge in [0, 0.05) is 11.6 Å². The molecule has 110 valence electrons.